The van der Waals surface area contributed by atoms with Crippen molar-refractivity contribution in [2.24, 2.45) is 5.92 Å². The number of ether oxygens (including phenoxy) is 1. The van der Waals surface area contributed by atoms with E-state index in [9.17, 15) is 4.79 Å². The van der Waals surface area contributed by atoms with Crippen LogP contribution in [0.1, 0.15) is 55.4 Å². The number of aliphatic carboxylic acids is 7. The first kappa shape index (κ1) is 54.5. The molecule has 0 spiro atoms. The largest absolute Gasteiger partial charge is 0.481 e. The van der Waals surface area contributed by atoms with E-state index in [1.54, 1.807) is 6.92 Å². The highest BCUT2D eigenvalue weighted by molar-refractivity contribution is 5.72. The third-order valence-electron chi connectivity index (χ3n) is 1.06. The average molecular weight is 569 g/mol. The molecule has 0 unspecified atom stereocenters. The molecule has 38 heavy (non-hydrogen) atoms. The molecule has 9 N–H and O–H groups in total. The summed E-state index contributed by atoms with van der Waals surface area (Å²) in [4.78, 5) is 73.7. The van der Waals surface area contributed by atoms with Gasteiger partial charge in [0.15, 0.2) is 0 Å². The minimum Gasteiger partial charge on any atom is -0.481 e. The number of aliphatic hydroxyl groups excluding tert-OH is 2. The van der Waals surface area contributed by atoms with E-state index in [1.165, 1.54) is 0 Å². The summed E-state index contributed by atoms with van der Waals surface area (Å²) in [7, 11) is 0. The molecule has 0 saturated carbocycles. The molecule has 0 rings (SSSR count). The SMILES string of the molecule is CC(=O)O.CC(=O)O.CC(=O)O.CC(=O)O.CC(=O)O.CC(=O)O.CC(=O)O.CCOC(=O)C(CO)CO. The molecule has 0 aliphatic carbocycles. The molecule has 0 radical (unpaired) electrons. The van der Waals surface area contributed by atoms with E-state index >= 15 is 0 Å². The summed E-state index contributed by atoms with van der Waals surface area (Å²) in [5.41, 5.74) is 0. The third-order valence-corrected chi connectivity index (χ3v) is 1.06. The van der Waals surface area contributed by atoms with Crippen LogP contribution in [0.2, 0.25) is 0 Å². The maximum Gasteiger partial charge on any atom is 0.313 e. The van der Waals surface area contributed by atoms with Gasteiger partial charge in [0.2, 0.25) is 0 Å². The van der Waals surface area contributed by atoms with E-state index in [0.717, 1.165) is 48.5 Å². The fourth-order valence-corrected chi connectivity index (χ4v) is 0.467. The molecule has 0 atom stereocenters. The van der Waals surface area contributed by atoms with Crippen LogP contribution >= 0.6 is 0 Å². The number of carboxylic acids is 7. The maximum atomic E-state index is 10.7. The lowest BCUT2D eigenvalue weighted by molar-refractivity contribution is -0.151. The Hall–Kier alpha value is -4.32. The smallest absolute Gasteiger partial charge is 0.313 e. The summed E-state index contributed by atoms with van der Waals surface area (Å²) < 4.78 is 4.53. The Labute approximate surface area is 218 Å². The van der Waals surface area contributed by atoms with Gasteiger partial charge in [-0.05, 0) is 6.92 Å². The predicted octanol–water partition coefficient (Wildman–Crippen LogP) is -0.213. The lowest BCUT2D eigenvalue weighted by atomic mass is 10.2. The monoisotopic (exact) mass is 568 g/mol. The molecule has 0 aromatic rings. The van der Waals surface area contributed by atoms with Crippen LogP contribution in [0.25, 0.3) is 0 Å². The van der Waals surface area contributed by atoms with Gasteiger partial charge in [0.25, 0.3) is 41.8 Å². The van der Waals surface area contributed by atoms with Crippen LogP contribution in [0.4, 0.5) is 0 Å². The standard InChI is InChI=1S/C6H12O4.7C2H4O2/c1-2-10-6(9)5(3-7)4-8;7*1-2(3)4/h5,7-8H,2-4H2,1H3;7*1H3,(H,3,4). The molecule has 0 saturated heterocycles. The van der Waals surface area contributed by atoms with E-state index in [1.807, 2.05) is 0 Å². The molecule has 0 aliphatic rings. The molecule has 0 aromatic carbocycles. The second kappa shape index (κ2) is 46.1. The highest BCUT2D eigenvalue weighted by atomic mass is 16.5. The number of carbonyl (C=O) groups is 8. The van der Waals surface area contributed by atoms with Crippen molar-refractivity contribution in [3.8, 4) is 0 Å². The van der Waals surface area contributed by atoms with E-state index < -0.39 is 53.7 Å². The van der Waals surface area contributed by atoms with Gasteiger partial charge < -0.3 is 50.7 Å². The van der Waals surface area contributed by atoms with Gasteiger partial charge in [-0.15, -0.1) is 0 Å². The van der Waals surface area contributed by atoms with Crippen molar-refractivity contribution in [3.63, 3.8) is 0 Å². The molecule has 18 heteroatoms. The van der Waals surface area contributed by atoms with Crippen LogP contribution in [0.15, 0.2) is 0 Å². The maximum absolute atomic E-state index is 10.7. The molecule has 0 aromatic heterocycles. The van der Waals surface area contributed by atoms with E-state index in [0.29, 0.717) is 0 Å². The van der Waals surface area contributed by atoms with Crippen molar-refractivity contribution in [1.29, 1.82) is 0 Å². The zero-order valence-corrected chi connectivity index (χ0v) is 22.4. The highest BCUT2D eigenvalue weighted by Crippen LogP contribution is 1.96. The zero-order valence-electron chi connectivity index (χ0n) is 22.4. The first-order valence-corrected chi connectivity index (χ1v) is 9.64. The van der Waals surface area contributed by atoms with E-state index in [2.05, 4.69) is 4.74 Å². The van der Waals surface area contributed by atoms with Crippen LogP contribution in [-0.2, 0) is 43.1 Å². The second-order valence-electron chi connectivity index (χ2n) is 5.45. The van der Waals surface area contributed by atoms with Crippen LogP contribution in [0.3, 0.4) is 0 Å². The van der Waals surface area contributed by atoms with Crippen LogP contribution in [-0.4, -0.2) is 114 Å². The quantitative estimate of drug-likeness (QED) is 0.198. The Kier molecular flexibility index (Phi) is 66.1. The number of rotatable bonds is 4. The Morgan fingerprint density at radius 2 is 0.605 bits per heavy atom. The number of hydrogen-bond donors (Lipinski definition) is 9. The Bertz CT molecular complexity index is 492. The molecule has 18 nitrogen and oxygen atoms in total. The normalized spacial score (nSPS) is 7.24. The van der Waals surface area contributed by atoms with Crippen molar-refractivity contribution in [2.75, 3.05) is 19.8 Å². The van der Waals surface area contributed by atoms with Crippen LogP contribution in [0, 0.1) is 5.92 Å². The minimum absolute atomic E-state index is 0.273. The minimum atomic E-state index is -0.833. The summed E-state index contributed by atoms with van der Waals surface area (Å²) >= 11 is 0. The third kappa shape index (κ3) is 668. The lowest BCUT2D eigenvalue weighted by Crippen LogP contribution is -2.24. The highest BCUT2D eigenvalue weighted by Gasteiger charge is 2.16. The van der Waals surface area contributed by atoms with Gasteiger partial charge >= 0.3 is 5.97 Å². The summed E-state index contributed by atoms with van der Waals surface area (Å²) in [5, 5.41) is 68.8. The molecular formula is C20H40O18. The van der Waals surface area contributed by atoms with Gasteiger partial charge in [-0.3, -0.25) is 38.4 Å². The van der Waals surface area contributed by atoms with Crippen LogP contribution in [0.5, 0.6) is 0 Å². The van der Waals surface area contributed by atoms with Gasteiger partial charge in [-0.2, -0.15) is 0 Å². The summed E-state index contributed by atoms with van der Waals surface area (Å²) in [6.07, 6.45) is 0. The fraction of sp³-hybridized carbons (Fsp3) is 0.600. The predicted molar refractivity (Wildman–Crippen MR) is 127 cm³/mol. The fourth-order valence-electron chi connectivity index (χ4n) is 0.467. The lowest BCUT2D eigenvalue weighted by Gasteiger charge is -2.08. The molecule has 0 aliphatic heterocycles. The Morgan fingerprint density at radius 1 is 0.474 bits per heavy atom. The number of hydrogen-bond acceptors (Lipinski definition) is 11. The summed E-state index contributed by atoms with van der Waals surface area (Å²) in [5.74, 6) is -7.16. The first-order chi connectivity index (χ1) is 16.9. The average Bonchev–Trinajstić information content (AvgIpc) is 2.59. The molecular weight excluding hydrogens is 528 g/mol. The van der Waals surface area contributed by atoms with Crippen molar-refractivity contribution >= 4 is 47.8 Å². The summed E-state index contributed by atoms with van der Waals surface area (Å²) in [6, 6.07) is 0. The van der Waals surface area contributed by atoms with Crippen molar-refractivity contribution < 1.29 is 89.1 Å². The Balaban J connectivity index is -0.0000000470. The number of carbonyl (C=O) groups excluding carboxylic acids is 1. The molecule has 0 fully saturated rings. The van der Waals surface area contributed by atoms with Gasteiger partial charge in [0, 0.05) is 48.5 Å². The summed E-state index contributed by atoms with van der Waals surface area (Å²) in [6.45, 7) is 8.80. The van der Waals surface area contributed by atoms with Gasteiger partial charge in [-0.25, -0.2) is 0 Å². The molecule has 0 amide bonds. The number of esters is 1. The van der Waals surface area contributed by atoms with Gasteiger partial charge in [0.05, 0.1) is 19.8 Å². The zero-order chi connectivity index (χ0) is 33.0. The van der Waals surface area contributed by atoms with Crippen LogP contribution < -0.4 is 0 Å². The van der Waals surface area contributed by atoms with Crippen molar-refractivity contribution in [3.05, 3.63) is 0 Å². The van der Waals surface area contributed by atoms with Crippen molar-refractivity contribution in [2.45, 2.75) is 55.4 Å². The molecule has 0 bridgehead atoms. The topological polar surface area (TPSA) is 328 Å². The number of aliphatic hydroxyl groups is 2. The van der Waals surface area contributed by atoms with Gasteiger partial charge in [0.1, 0.15) is 5.92 Å². The molecule has 0 heterocycles. The van der Waals surface area contributed by atoms with E-state index in [-0.39, 0.29) is 19.8 Å². The van der Waals surface area contributed by atoms with Crippen molar-refractivity contribution in [1.82, 2.24) is 0 Å². The Morgan fingerprint density at radius 3 is 0.684 bits per heavy atom. The second-order valence-corrected chi connectivity index (χ2v) is 5.45. The van der Waals surface area contributed by atoms with E-state index in [4.69, 9.17) is 79.5 Å². The first-order valence-electron chi connectivity index (χ1n) is 9.64. The van der Waals surface area contributed by atoms with Gasteiger partial charge in [-0.1, -0.05) is 0 Å². The molecule has 228 valence electrons. The number of carboxylic acid groups (broad SMARTS) is 7.